The molecule has 2 aromatic carbocycles. The molecule has 7 heteroatoms. The first-order chi connectivity index (χ1) is 13.4. The number of aryl methyl sites for hydroxylation is 2. The van der Waals surface area contributed by atoms with Crippen LogP contribution in [-0.2, 0) is 10.0 Å². The van der Waals surface area contributed by atoms with Gasteiger partial charge in [-0.3, -0.25) is 0 Å². The van der Waals surface area contributed by atoms with Gasteiger partial charge in [-0.25, -0.2) is 8.42 Å². The molecule has 0 aliphatic carbocycles. The van der Waals surface area contributed by atoms with Crippen LogP contribution in [0.15, 0.2) is 57.9 Å². The molecule has 0 radical (unpaired) electrons. The Hall–Kier alpha value is -2.51. The topological polar surface area (TPSA) is 76.3 Å². The van der Waals surface area contributed by atoms with Crippen molar-refractivity contribution in [2.45, 2.75) is 37.5 Å². The lowest BCUT2D eigenvalue weighted by atomic mass is 10.00. The number of nitrogens with zero attached hydrogens (tertiary/aromatic N) is 3. The third-order valence-corrected chi connectivity index (χ3v) is 7.10. The average Bonchev–Trinajstić information content (AvgIpc) is 3.19. The molecular weight excluding hydrogens is 374 g/mol. The molecule has 0 N–H and O–H groups in total. The summed E-state index contributed by atoms with van der Waals surface area (Å²) in [6.07, 6.45) is 1.59. The van der Waals surface area contributed by atoms with E-state index in [4.69, 9.17) is 4.52 Å². The van der Waals surface area contributed by atoms with Crippen molar-refractivity contribution in [1.82, 2.24) is 14.4 Å². The van der Waals surface area contributed by atoms with Gasteiger partial charge in [-0.15, -0.1) is 0 Å². The molecule has 0 amide bonds. The maximum absolute atomic E-state index is 13.0. The summed E-state index contributed by atoms with van der Waals surface area (Å²) in [5.74, 6) is 0.952. The second-order valence-corrected chi connectivity index (χ2v) is 9.22. The number of piperidine rings is 1. The Morgan fingerprint density at radius 1 is 1.07 bits per heavy atom. The van der Waals surface area contributed by atoms with Crippen molar-refractivity contribution in [2.75, 3.05) is 13.1 Å². The second kappa shape index (κ2) is 7.48. The number of rotatable bonds is 4. The van der Waals surface area contributed by atoms with Crippen LogP contribution < -0.4 is 0 Å². The van der Waals surface area contributed by atoms with E-state index in [0.717, 1.165) is 29.5 Å². The molecule has 1 aliphatic heterocycles. The van der Waals surface area contributed by atoms with Crippen molar-refractivity contribution in [3.63, 3.8) is 0 Å². The molecule has 0 spiro atoms. The van der Waals surface area contributed by atoms with Crippen LogP contribution in [0, 0.1) is 13.8 Å². The second-order valence-electron chi connectivity index (χ2n) is 7.29. The summed E-state index contributed by atoms with van der Waals surface area (Å²) in [7, 11) is -3.53. The summed E-state index contributed by atoms with van der Waals surface area (Å²) in [6.45, 7) is 4.80. The van der Waals surface area contributed by atoms with Gasteiger partial charge < -0.3 is 4.52 Å². The van der Waals surface area contributed by atoms with Crippen LogP contribution in [0.2, 0.25) is 0 Å². The van der Waals surface area contributed by atoms with Crippen LogP contribution >= 0.6 is 0 Å². The predicted octanol–water partition coefficient (Wildman–Crippen LogP) is 3.92. The summed E-state index contributed by atoms with van der Waals surface area (Å²) in [5.41, 5.74) is 3.03. The highest BCUT2D eigenvalue weighted by molar-refractivity contribution is 7.89. The normalized spacial score (nSPS) is 18.3. The summed E-state index contributed by atoms with van der Waals surface area (Å²) < 4.78 is 33.1. The third kappa shape index (κ3) is 3.59. The highest BCUT2D eigenvalue weighted by Crippen LogP contribution is 2.31. The van der Waals surface area contributed by atoms with E-state index in [1.54, 1.807) is 12.1 Å². The SMILES string of the molecule is Cc1ccc(S(=O)(=O)N2CCC[C@@H](c3nc(-c4ccccc4C)no3)C2)cc1. The van der Waals surface area contributed by atoms with E-state index in [0.29, 0.717) is 29.7 Å². The van der Waals surface area contributed by atoms with E-state index in [-0.39, 0.29) is 5.92 Å². The van der Waals surface area contributed by atoms with Crippen LogP contribution in [0.3, 0.4) is 0 Å². The molecule has 4 rings (SSSR count). The monoisotopic (exact) mass is 397 g/mol. The molecular formula is C21H23N3O3S. The van der Waals surface area contributed by atoms with Gasteiger partial charge in [0.15, 0.2) is 0 Å². The van der Waals surface area contributed by atoms with Gasteiger partial charge in [-0.05, 0) is 44.4 Å². The molecule has 3 aromatic rings. The fourth-order valence-corrected chi connectivity index (χ4v) is 5.08. The average molecular weight is 398 g/mol. The minimum atomic E-state index is -3.53. The Morgan fingerprint density at radius 3 is 2.57 bits per heavy atom. The minimum Gasteiger partial charge on any atom is -0.339 e. The van der Waals surface area contributed by atoms with Gasteiger partial charge in [0.05, 0.1) is 10.8 Å². The van der Waals surface area contributed by atoms with Gasteiger partial charge in [-0.1, -0.05) is 47.1 Å². The van der Waals surface area contributed by atoms with Crippen LogP contribution in [-0.4, -0.2) is 36.0 Å². The summed E-state index contributed by atoms with van der Waals surface area (Å²) in [5, 5.41) is 4.12. The maximum atomic E-state index is 13.0. The minimum absolute atomic E-state index is 0.0979. The van der Waals surface area contributed by atoms with Crippen LogP contribution in [0.5, 0.6) is 0 Å². The lowest BCUT2D eigenvalue weighted by Gasteiger charge is -2.30. The molecule has 1 saturated heterocycles. The molecule has 146 valence electrons. The largest absolute Gasteiger partial charge is 0.339 e. The number of aromatic nitrogens is 2. The standard InChI is InChI=1S/C21H23N3O3S/c1-15-9-11-18(12-10-15)28(25,26)24-13-5-7-17(14-24)21-22-20(23-27-21)19-8-4-3-6-16(19)2/h3-4,6,8-12,17H,5,7,13-14H2,1-2H3/t17-/m1/s1. The number of hydrogen-bond acceptors (Lipinski definition) is 5. The molecule has 1 atom stereocenters. The Bertz CT molecular complexity index is 1070. The highest BCUT2D eigenvalue weighted by atomic mass is 32.2. The Balaban J connectivity index is 1.56. The lowest BCUT2D eigenvalue weighted by Crippen LogP contribution is -2.39. The van der Waals surface area contributed by atoms with E-state index >= 15 is 0 Å². The Labute approximate surface area is 165 Å². The van der Waals surface area contributed by atoms with Gasteiger partial charge in [-0.2, -0.15) is 9.29 Å². The quantitative estimate of drug-likeness (QED) is 0.667. The van der Waals surface area contributed by atoms with E-state index in [2.05, 4.69) is 10.1 Å². The molecule has 2 heterocycles. The van der Waals surface area contributed by atoms with E-state index in [1.165, 1.54) is 4.31 Å². The molecule has 6 nitrogen and oxygen atoms in total. The number of benzene rings is 2. The molecule has 1 aromatic heterocycles. The summed E-state index contributed by atoms with van der Waals surface area (Å²) >= 11 is 0. The third-order valence-electron chi connectivity index (χ3n) is 5.22. The van der Waals surface area contributed by atoms with Crippen molar-refractivity contribution in [1.29, 1.82) is 0 Å². The van der Waals surface area contributed by atoms with Gasteiger partial charge in [0, 0.05) is 18.7 Å². The zero-order valence-electron chi connectivity index (χ0n) is 16.0. The van der Waals surface area contributed by atoms with Gasteiger partial charge in [0.1, 0.15) is 0 Å². The fraction of sp³-hybridized carbons (Fsp3) is 0.333. The van der Waals surface area contributed by atoms with Gasteiger partial charge in [0.25, 0.3) is 0 Å². The fourth-order valence-electron chi connectivity index (χ4n) is 3.56. The van der Waals surface area contributed by atoms with Crippen molar-refractivity contribution < 1.29 is 12.9 Å². The first kappa shape index (κ1) is 18.8. The van der Waals surface area contributed by atoms with Crippen molar-refractivity contribution >= 4 is 10.0 Å². The molecule has 0 saturated carbocycles. The highest BCUT2D eigenvalue weighted by Gasteiger charge is 2.33. The molecule has 0 bridgehead atoms. The van der Waals surface area contributed by atoms with Gasteiger partial charge in [0.2, 0.25) is 21.7 Å². The Morgan fingerprint density at radius 2 is 1.82 bits per heavy atom. The molecule has 1 aliphatic rings. The maximum Gasteiger partial charge on any atom is 0.243 e. The van der Waals surface area contributed by atoms with E-state index in [9.17, 15) is 8.42 Å². The summed E-state index contributed by atoms with van der Waals surface area (Å²) in [4.78, 5) is 4.89. The summed E-state index contributed by atoms with van der Waals surface area (Å²) in [6, 6.07) is 14.8. The van der Waals surface area contributed by atoms with Crippen LogP contribution in [0.25, 0.3) is 11.4 Å². The van der Waals surface area contributed by atoms with Crippen molar-refractivity contribution in [2.24, 2.45) is 0 Å². The number of sulfonamides is 1. The first-order valence-corrected chi connectivity index (χ1v) is 10.9. The Kier molecular flexibility index (Phi) is 5.03. The lowest BCUT2D eigenvalue weighted by molar-refractivity contribution is 0.265. The zero-order valence-corrected chi connectivity index (χ0v) is 16.8. The zero-order chi connectivity index (χ0) is 19.7. The molecule has 0 unspecified atom stereocenters. The van der Waals surface area contributed by atoms with E-state index < -0.39 is 10.0 Å². The van der Waals surface area contributed by atoms with Crippen LogP contribution in [0.1, 0.15) is 35.8 Å². The van der Waals surface area contributed by atoms with Crippen molar-refractivity contribution in [3.8, 4) is 11.4 Å². The smallest absolute Gasteiger partial charge is 0.243 e. The first-order valence-electron chi connectivity index (χ1n) is 9.41. The molecule has 28 heavy (non-hydrogen) atoms. The number of hydrogen-bond donors (Lipinski definition) is 0. The van der Waals surface area contributed by atoms with Gasteiger partial charge >= 0.3 is 0 Å². The predicted molar refractivity (Wildman–Crippen MR) is 106 cm³/mol. The van der Waals surface area contributed by atoms with Crippen molar-refractivity contribution in [3.05, 3.63) is 65.5 Å². The molecule has 1 fully saturated rings. The van der Waals surface area contributed by atoms with Crippen LogP contribution in [0.4, 0.5) is 0 Å². The van der Waals surface area contributed by atoms with E-state index in [1.807, 2.05) is 50.2 Å².